The van der Waals surface area contributed by atoms with Crippen LogP contribution in [0.5, 0.6) is 5.75 Å². The second-order valence-corrected chi connectivity index (χ2v) is 3.15. The van der Waals surface area contributed by atoms with E-state index in [-0.39, 0.29) is 11.1 Å². The molecular formula is C9H12ClNO. The molecule has 1 aromatic rings. The topological polar surface area (TPSA) is 32.3 Å². The molecule has 0 aliphatic carbocycles. The molecule has 0 saturated heterocycles. The van der Waals surface area contributed by atoms with E-state index < -0.39 is 0 Å². The van der Waals surface area contributed by atoms with Crippen molar-refractivity contribution in [3.8, 4) is 5.75 Å². The predicted octanol–water partition coefficient (Wildman–Crippen LogP) is 1.89. The summed E-state index contributed by atoms with van der Waals surface area (Å²) >= 11 is 6.00. The molecule has 0 heterocycles. The number of hydrogen-bond donors (Lipinski definition) is 2. The van der Waals surface area contributed by atoms with Gasteiger partial charge in [0.15, 0.2) is 0 Å². The summed E-state index contributed by atoms with van der Waals surface area (Å²) in [5.74, 6) is 0.259. The van der Waals surface area contributed by atoms with Gasteiger partial charge in [0, 0.05) is 6.54 Å². The minimum atomic E-state index is -0.0814. The van der Waals surface area contributed by atoms with Crippen molar-refractivity contribution in [1.29, 1.82) is 0 Å². The molecule has 0 fully saturated rings. The number of rotatable bonds is 3. The van der Waals surface area contributed by atoms with Crippen LogP contribution in [0.3, 0.4) is 0 Å². The van der Waals surface area contributed by atoms with Crippen molar-refractivity contribution in [3.63, 3.8) is 0 Å². The molecule has 1 unspecified atom stereocenters. The Labute approximate surface area is 77.2 Å². The van der Waals surface area contributed by atoms with Crippen LogP contribution in [0, 0.1) is 0 Å². The number of phenols is 1. The molecule has 3 heteroatoms. The highest BCUT2D eigenvalue weighted by molar-refractivity contribution is 6.21. The van der Waals surface area contributed by atoms with E-state index in [1.807, 2.05) is 13.1 Å². The second kappa shape index (κ2) is 4.33. The molecule has 0 saturated carbocycles. The maximum Gasteiger partial charge on any atom is 0.115 e. The predicted molar refractivity (Wildman–Crippen MR) is 50.6 cm³/mol. The van der Waals surface area contributed by atoms with Crippen molar-refractivity contribution >= 4 is 11.6 Å². The van der Waals surface area contributed by atoms with E-state index in [1.165, 1.54) is 0 Å². The third kappa shape index (κ3) is 2.40. The molecule has 0 spiro atoms. The first-order valence-corrected chi connectivity index (χ1v) is 4.25. The summed E-state index contributed by atoms with van der Waals surface area (Å²) in [6, 6.07) is 6.99. The molecule has 0 amide bonds. The Bertz CT molecular complexity index is 252. The molecule has 0 aliphatic rings. The van der Waals surface area contributed by atoms with Gasteiger partial charge >= 0.3 is 0 Å². The lowest BCUT2D eigenvalue weighted by atomic mass is 10.1. The summed E-state index contributed by atoms with van der Waals surface area (Å²) in [6.07, 6.45) is 0. The SMILES string of the molecule is CNCC(Cl)c1cccc(O)c1. The largest absolute Gasteiger partial charge is 0.508 e. The maximum atomic E-state index is 9.15. The van der Waals surface area contributed by atoms with Gasteiger partial charge in [-0.1, -0.05) is 12.1 Å². The minimum absolute atomic E-state index is 0.0814. The fraction of sp³-hybridized carbons (Fsp3) is 0.333. The van der Waals surface area contributed by atoms with E-state index in [0.29, 0.717) is 6.54 Å². The number of aromatic hydroxyl groups is 1. The summed E-state index contributed by atoms with van der Waals surface area (Å²) in [5.41, 5.74) is 0.936. The number of nitrogens with one attached hydrogen (secondary N) is 1. The normalized spacial score (nSPS) is 12.8. The highest BCUT2D eigenvalue weighted by atomic mass is 35.5. The standard InChI is InChI=1S/C9H12ClNO/c1-11-6-9(10)7-3-2-4-8(12)5-7/h2-5,9,11-12H,6H2,1H3. The molecule has 2 N–H and O–H groups in total. The Morgan fingerprint density at radius 2 is 2.33 bits per heavy atom. The Hall–Kier alpha value is -0.730. The van der Waals surface area contributed by atoms with Gasteiger partial charge in [0.05, 0.1) is 5.38 Å². The number of hydrogen-bond acceptors (Lipinski definition) is 2. The summed E-state index contributed by atoms with van der Waals surface area (Å²) in [6.45, 7) is 0.699. The number of benzene rings is 1. The number of likely N-dealkylation sites (N-methyl/N-ethyl adjacent to an activating group) is 1. The summed E-state index contributed by atoms with van der Waals surface area (Å²) in [4.78, 5) is 0. The van der Waals surface area contributed by atoms with Crippen LogP contribution in [0.2, 0.25) is 0 Å². The molecule has 1 rings (SSSR count). The van der Waals surface area contributed by atoms with E-state index in [1.54, 1.807) is 18.2 Å². The van der Waals surface area contributed by atoms with Gasteiger partial charge in [0.2, 0.25) is 0 Å². The zero-order valence-electron chi connectivity index (χ0n) is 6.92. The van der Waals surface area contributed by atoms with Gasteiger partial charge < -0.3 is 10.4 Å². The van der Waals surface area contributed by atoms with E-state index >= 15 is 0 Å². The van der Waals surface area contributed by atoms with Crippen LogP contribution < -0.4 is 5.32 Å². The molecule has 1 aromatic carbocycles. The van der Waals surface area contributed by atoms with E-state index in [0.717, 1.165) is 5.56 Å². The van der Waals surface area contributed by atoms with Crippen molar-refractivity contribution in [2.24, 2.45) is 0 Å². The van der Waals surface area contributed by atoms with E-state index in [9.17, 15) is 0 Å². The third-order valence-electron chi connectivity index (χ3n) is 1.62. The average molecular weight is 186 g/mol. The quantitative estimate of drug-likeness (QED) is 0.705. The highest BCUT2D eigenvalue weighted by Gasteiger charge is 2.05. The molecule has 0 radical (unpaired) electrons. The van der Waals surface area contributed by atoms with Gasteiger partial charge in [0.25, 0.3) is 0 Å². The fourth-order valence-electron chi connectivity index (χ4n) is 1.02. The zero-order chi connectivity index (χ0) is 8.97. The van der Waals surface area contributed by atoms with Crippen LogP contribution in [0.4, 0.5) is 0 Å². The van der Waals surface area contributed by atoms with Gasteiger partial charge in [-0.25, -0.2) is 0 Å². The van der Waals surface area contributed by atoms with Gasteiger partial charge in [-0.15, -0.1) is 11.6 Å². The van der Waals surface area contributed by atoms with Crippen molar-refractivity contribution in [3.05, 3.63) is 29.8 Å². The maximum absolute atomic E-state index is 9.15. The van der Waals surface area contributed by atoms with Crippen LogP contribution in [-0.4, -0.2) is 18.7 Å². The lowest BCUT2D eigenvalue weighted by Crippen LogP contribution is -2.12. The summed E-state index contributed by atoms with van der Waals surface area (Å²) < 4.78 is 0. The van der Waals surface area contributed by atoms with E-state index in [4.69, 9.17) is 16.7 Å². The van der Waals surface area contributed by atoms with Crippen LogP contribution in [0.1, 0.15) is 10.9 Å². The van der Waals surface area contributed by atoms with Crippen molar-refractivity contribution in [2.45, 2.75) is 5.38 Å². The molecule has 0 aromatic heterocycles. The molecule has 2 nitrogen and oxygen atoms in total. The Balaban J connectivity index is 2.73. The van der Waals surface area contributed by atoms with Crippen LogP contribution in [0.15, 0.2) is 24.3 Å². The summed E-state index contributed by atoms with van der Waals surface area (Å²) in [7, 11) is 1.85. The van der Waals surface area contributed by atoms with Gasteiger partial charge in [0.1, 0.15) is 5.75 Å². The zero-order valence-corrected chi connectivity index (χ0v) is 7.67. The van der Waals surface area contributed by atoms with Crippen LogP contribution in [-0.2, 0) is 0 Å². The van der Waals surface area contributed by atoms with Crippen molar-refractivity contribution in [2.75, 3.05) is 13.6 Å². The van der Waals surface area contributed by atoms with Crippen molar-refractivity contribution < 1.29 is 5.11 Å². The lowest BCUT2D eigenvalue weighted by Gasteiger charge is -2.08. The van der Waals surface area contributed by atoms with Gasteiger partial charge in [-0.05, 0) is 24.7 Å². The first-order chi connectivity index (χ1) is 5.74. The fourth-order valence-corrected chi connectivity index (χ4v) is 1.31. The van der Waals surface area contributed by atoms with Gasteiger partial charge in [-0.2, -0.15) is 0 Å². The summed E-state index contributed by atoms with van der Waals surface area (Å²) in [5, 5.41) is 12.0. The van der Waals surface area contributed by atoms with Crippen LogP contribution >= 0.6 is 11.6 Å². The molecule has 66 valence electrons. The second-order valence-electron chi connectivity index (χ2n) is 2.62. The third-order valence-corrected chi connectivity index (χ3v) is 2.02. The molecule has 0 bridgehead atoms. The number of halogens is 1. The Morgan fingerprint density at radius 3 is 2.92 bits per heavy atom. The van der Waals surface area contributed by atoms with Crippen LogP contribution in [0.25, 0.3) is 0 Å². The van der Waals surface area contributed by atoms with E-state index in [2.05, 4.69) is 5.32 Å². The highest BCUT2D eigenvalue weighted by Crippen LogP contribution is 2.22. The smallest absolute Gasteiger partial charge is 0.115 e. The van der Waals surface area contributed by atoms with Gasteiger partial charge in [-0.3, -0.25) is 0 Å². The molecular weight excluding hydrogens is 174 g/mol. The van der Waals surface area contributed by atoms with Crippen molar-refractivity contribution in [1.82, 2.24) is 5.32 Å². The number of phenolic OH excluding ortho intramolecular Hbond substituents is 1. The Morgan fingerprint density at radius 1 is 1.58 bits per heavy atom. The minimum Gasteiger partial charge on any atom is -0.508 e. The monoisotopic (exact) mass is 185 g/mol. The first kappa shape index (κ1) is 9.36. The first-order valence-electron chi connectivity index (χ1n) is 3.81. The lowest BCUT2D eigenvalue weighted by molar-refractivity contribution is 0.474. The molecule has 12 heavy (non-hydrogen) atoms. The molecule has 0 aliphatic heterocycles. The molecule has 1 atom stereocenters. The number of alkyl halides is 1. The average Bonchev–Trinajstić information content (AvgIpc) is 2.05. The Kier molecular flexibility index (Phi) is 3.38.